The maximum absolute atomic E-state index is 12.8. The number of carboxylic acid groups (broad SMARTS) is 1. The van der Waals surface area contributed by atoms with Crippen LogP contribution in [0.15, 0.2) is 35.8 Å². The Bertz CT molecular complexity index is 973. The second kappa shape index (κ2) is 7.68. The van der Waals surface area contributed by atoms with Crippen molar-refractivity contribution in [2.45, 2.75) is 38.0 Å². The van der Waals surface area contributed by atoms with Gasteiger partial charge in [-0.2, -0.15) is 0 Å². The number of nitrogens with two attached hydrogens (primary N) is 1. The van der Waals surface area contributed by atoms with Crippen molar-refractivity contribution < 1.29 is 60.0 Å². The van der Waals surface area contributed by atoms with E-state index in [0.717, 1.165) is 0 Å². The van der Waals surface area contributed by atoms with Crippen molar-refractivity contribution in [2.24, 2.45) is 11.7 Å². The van der Waals surface area contributed by atoms with Gasteiger partial charge in [0.2, 0.25) is 5.91 Å². The summed E-state index contributed by atoms with van der Waals surface area (Å²) in [6.07, 6.45) is 2.14. The first-order valence-electron chi connectivity index (χ1n) is 9.13. The summed E-state index contributed by atoms with van der Waals surface area (Å²) >= 11 is 0. The molecular formula is C19H21N4NaO6. The normalized spacial score (nSPS) is 26.2. The van der Waals surface area contributed by atoms with Crippen LogP contribution in [-0.4, -0.2) is 62.4 Å². The minimum atomic E-state index is -1.51. The van der Waals surface area contributed by atoms with Gasteiger partial charge in [-0.3, -0.25) is 19.5 Å². The van der Waals surface area contributed by atoms with Crippen LogP contribution in [0.5, 0.6) is 0 Å². The minimum absolute atomic E-state index is 0. The molecule has 3 N–H and O–H groups in total. The van der Waals surface area contributed by atoms with Crippen molar-refractivity contribution in [3.05, 3.63) is 41.4 Å². The molecular weight excluding hydrogens is 403 g/mol. The standard InChI is InChI=1S/C19H20N4O6.Na.H/c1-9(24)22-8-10-7-12(14(17(26)27)23-13(10)15(22)16(23)25)19(2,29-18(20)28)11-3-5-21-6-4-11;;/h3-6,10,13,15H,7-8H2,1-2H3,(H2,20,28)(H,26,27);;/q;+1;-1/t10-,13-,15+,19?;;/m1../s1. The van der Waals surface area contributed by atoms with Crippen molar-refractivity contribution in [3.63, 3.8) is 0 Å². The van der Waals surface area contributed by atoms with Gasteiger partial charge in [0, 0.05) is 42.9 Å². The molecule has 0 aliphatic carbocycles. The molecule has 1 aromatic heterocycles. The number of primary amides is 1. The Morgan fingerprint density at radius 3 is 2.50 bits per heavy atom. The zero-order valence-corrected chi connectivity index (χ0v) is 18.9. The molecule has 3 amide bonds. The van der Waals surface area contributed by atoms with Crippen LogP contribution in [0.1, 0.15) is 27.3 Å². The number of likely N-dealkylation sites (tertiary alicyclic amines) is 1. The number of carbonyl (C=O) groups is 4. The van der Waals surface area contributed by atoms with Gasteiger partial charge in [-0.05, 0) is 25.5 Å². The predicted molar refractivity (Wildman–Crippen MR) is 97.9 cm³/mol. The van der Waals surface area contributed by atoms with Gasteiger partial charge < -0.3 is 21.9 Å². The number of pyridine rings is 1. The number of aliphatic carboxylic acids is 1. The van der Waals surface area contributed by atoms with Crippen molar-refractivity contribution in [1.82, 2.24) is 14.8 Å². The summed E-state index contributed by atoms with van der Waals surface area (Å²) in [5.74, 6) is -2.16. The predicted octanol–water partition coefficient (Wildman–Crippen LogP) is -2.69. The first-order chi connectivity index (χ1) is 13.7. The van der Waals surface area contributed by atoms with Gasteiger partial charge in [0.15, 0.2) is 5.60 Å². The van der Waals surface area contributed by atoms with E-state index in [1.54, 1.807) is 19.1 Å². The monoisotopic (exact) mass is 424 g/mol. The molecule has 11 heteroatoms. The maximum Gasteiger partial charge on any atom is 1.00 e. The molecule has 0 saturated carbocycles. The van der Waals surface area contributed by atoms with Crippen molar-refractivity contribution in [3.8, 4) is 0 Å². The first-order valence-corrected chi connectivity index (χ1v) is 9.13. The summed E-state index contributed by atoms with van der Waals surface area (Å²) in [6.45, 7) is 3.26. The number of carboxylic acids is 1. The molecule has 4 atom stereocenters. The van der Waals surface area contributed by atoms with Gasteiger partial charge >= 0.3 is 41.6 Å². The average molecular weight is 424 g/mol. The second-order valence-corrected chi connectivity index (χ2v) is 7.60. The summed E-state index contributed by atoms with van der Waals surface area (Å²) in [5.41, 5.74) is 4.30. The summed E-state index contributed by atoms with van der Waals surface area (Å²) < 4.78 is 5.44. The van der Waals surface area contributed by atoms with E-state index < -0.39 is 35.7 Å². The zero-order valence-electron chi connectivity index (χ0n) is 17.9. The van der Waals surface area contributed by atoms with Gasteiger partial charge in [-0.15, -0.1) is 0 Å². The Kier molecular flexibility index (Phi) is 5.70. The van der Waals surface area contributed by atoms with E-state index in [4.69, 9.17) is 10.5 Å². The third-order valence-electron chi connectivity index (χ3n) is 6.07. The van der Waals surface area contributed by atoms with E-state index >= 15 is 0 Å². The molecule has 0 aromatic carbocycles. The van der Waals surface area contributed by atoms with Crippen molar-refractivity contribution >= 4 is 23.9 Å². The quantitative estimate of drug-likeness (QED) is 0.396. The van der Waals surface area contributed by atoms with Crippen LogP contribution < -0.4 is 35.3 Å². The molecule has 2 saturated heterocycles. The summed E-state index contributed by atoms with van der Waals surface area (Å²) in [7, 11) is 0. The van der Waals surface area contributed by atoms with Crippen molar-refractivity contribution in [1.29, 1.82) is 0 Å². The smallest absolute Gasteiger partial charge is 1.00 e. The first kappa shape index (κ1) is 22.3. The largest absolute Gasteiger partial charge is 1.00 e. The Labute approximate surface area is 195 Å². The van der Waals surface area contributed by atoms with Gasteiger partial charge in [0.25, 0.3) is 5.91 Å². The maximum atomic E-state index is 12.8. The number of β-lactam (4-membered cyclic amide) rings is 1. The number of nitrogens with zero attached hydrogens (tertiary/aromatic N) is 3. The van der Waals surface area contributed by atoms with Gasteiger partial charge in [0.1, 0.15) is 11.7 Å². The number of rotatable bonds is 4. The number of aromatic nitrogens is 1. The van der Waals surface area contributed by atoms with Crippen LogP contribution in [0.4, 0.5) is 4.79 Å². The SMILES string of the molecule is CC(=O)N1C[C@H]2CC(C(C)(OC(N)=O)c3ccncc3)=C(C(=O)O)N3C(=O)[C@@H]1[C@@H]23.[H-].[Na+]. The van der Waals surface area contributed by atoms with E-state index in [2.05, 4.69) is 4.98 Å². The molecule has 0 bridgehead atoms. The molecule has 3 aliphatic rings. The van der Waals surface area contributed by atoms with Crippen LogP contribution >= 0.6 is 0 Å². The second-order valence-electron chi connectivity index (χ2n) is 7.60. The van der Waals surface area contributed by atoms with E-state index in [1.165, 1.54) is 29.1 Å². The number of amides is 3. The molecule has 10 nitrogen and oxygen atoms in total. The third-order valence-corrected chi connectivity index (χ3v) is 6.07. The third kappa shape index (κ3) is 3.10. The van der Waals surface area contributed by atoms with Crippen LogP contribution in [0.2, 0.25) is 0 Å². The van der Waals surface area contributed by atoms with E-state index in [-0.39, 0.29) is 60.5 Å². The van der Waals surface area contributed by atoms with E-state index in [9.17, 15) is 24.3 Å². The molecule has 154 valence electrons. The van der Waals surface area contributed by atoms with E-state index in [0.29, 0.717) is 12.1 Å². The number of ether oxygens (including phenoxy) is 1. The molecule has 1 aromatic rings. The number of hydrogen-bond acceptors (Lipinski definition) is 6. The van der Waals surface area contributed by atoms with Crippen molar-refractivity contribution in [2.75, 3.05) is 6.54 Å². The average Bonchev–Trinajstić information content (AvgIpc) is 3.04. The molecule has 1 unspecified atom stereocenters. The van der Waals surface area contributed by atoms with Crippen LogP contribution in [-0.2, 0) is 24.7 Å². The van der Waals surface area contributed by atoms with Crippen LogP contribution in [0.3, 0.4) is 0 Å². The summed E-state index contributed by atoms with van der Waals surface area (Å²) in [4.78, 5) is 55.3. The van der Waals surface area contributed by atoms with Gasteiger partial charge in [-0.25, -0.2) is 9.59 Å². The van der Waals surface area contributed by atoms with Gasteiger partial charge in [0.05, 0.1) is 6.04 Å². The zero-order chi connectivity index (χ0) is 21.1. The molecule has 0 spiro atoms. The number of hydrogen-bond donors (Lipinski definition) is 2. The van der Waals surface area contributed by atoms with Crippen LogP contribution in [0.25, 0.3) is 0 Å². The fraction of sp³-hybridized carbons (Fsp3) is 0.421. The molecule has 2 fully saturated rings. The van der Waals surface area contributed by atoms with Crippen LogP contribution in [0, 0.1) is 5.92 Å². The summed E-state index contributed by atoms with van der Waals surface area (Å²) in [6, 6.07) is 2.16. The molecule has 4 rings (SSSR count). The summed E-state index contributed by atoms with van der Waals surface area (Å²) in [5, 5.41) is 9.94. The van der Waals surface area contributed by atoms with Gasteiger partial charge in [-0.1, -0.05) is 0 Å². The number of carbonyl (C=O) groups excluding carboxylic acids is 3. The Balaban J connectivity index is 0.00000171. The topological polar surface area (TPSA) is 143 Å². The molecule has 3 aliphatic heterocycles. The Hall–Kier alpha value is -2.43. The fourth-order valence-corrected chi connectivity index (χ4v) is 4.85. The Morgan fingerprint density at radius 1 is 1.33 bits per heavy atom. The molecule has 4 heterocycles. The fourth-order valence-electron chi connectivity index (χ4n) is 4.85. The molecule has 30 heavy (non-hydrogen) atoms. The molecule has 0 radical (unpaired) electrons. The van der Waals surface area contributed by atoms with E-state index in [1.807, 2.05) is 0 Å². The minimum Gasteiger partial charge on any atom is -1.00 e. The Morgan fingerprint density at radius 2 is 1.97 bits per heavy atom.